The van der Waals surface area contributed by atoms with Crippen LogP contribution in [0.25, 0.3) is 0 Å². The van der Waals surface area contributed by atoms with Gasteiger partial charge < -0.3 is 15.5 Å². The molecule has 1 aliphatic heterocycles. The number of rotatable bonds is 3. The molecule has 1 heterocycles. The maximum atomic E-state index is 12.0. The number of carbonyl (C=O) groups is 1. The number of nitrogens with zero attached hydrogens (tertiary/aromatic N) is 1. The van der Waals surface area contributed by atoms with Crippen molar-refractivity contribution in [3.63, 3.8) is 0 Å². The highest BCUT2D eigenvalue weighted by atomic mass is 16.2. The predicted octanol–water partition coefficient (Wildman–Crippen LogP) is 0.379. The molecule has 0 atom stereocenters. The topological polar surface area (TPSA) is 44.4 Å². The van der Waals surface area contributed by atoms with Crippen LogP contribution in [0.4, 0.5) is 0 Å². The summed E-state index contributed by atoms with van der Waals surface area (Å²) in [5.41, 5.74) is 1.78. The van der Waals surface area contributed by atoms with E-state index < -0.39 is 0 Å². The second-order valence-corrected chi connectivity index (χ2v) is 3.80. The molecular formula is C10H17N3O. The van der Waals surface area contributed by atoms with Crippen LogP contribution in [0.1, 0.15) is 26.2 Å². The molecule has 1 aliphatic carbocycles. The lowest BCUT2D eigenvalue weighted by atomic mass is 10.2. The zero-order valence-electron chi connectivity index (χ0n) is 8.76. The highest BCUT2D eigenvalue weighted by Crippen LogP contribution is 2.29. The quantitative estimate of drug-likeness (QED) is 0.684. The molecule has 0 unspecified atom stereocenters. The van der Waals surface area contributed by atoms with Crippen LogP contribution in [0, 0.1) is 0 Å². The molecule has 78 valence electrons. The minimum Gasteiger partial charge on any atom is -0.382 e. The summed E-state index contributed by atoms with van der Waals surface area (Å²) >= 11 is 0. The van der Waals surface area contributed by atoms with Gasteiger partial charge in [0.2, 0.25) is 0 Å². The number of nitrogens with one attached hydrogen (secondary N) is 2. The average molecular weight is 195 g/mol. The molecule has 2 aliphatic rings. The van der Waals surface area contributed by atoms with Crippen molar-refractivity contribution in [3.05, 3.63) is 11.4 Å². The van der Waals surface area contributed by atoms with Gasteiger partial charge in [0.25, 0.3) is 5.91 Å². The molecule has 0 saturated heterocycles. The second-order valence-electron chi connectivity index (χ2n) is 3.80. The van der Waals surface area contributed by atoms with Crippen molar-refractivity contribution in [2.24, 2.45) is 0 Å². The fraction of sp³-hybridized carbons (Fsp3) is 0.700. The Hall–Kier alpha value is -1.19. The lowest BCUT2D eigenvalue weighted by Gasteiger charge is -2.31. The Morgan fingerprint density at radius 1 is 1.57 bits per heavy atom. The summed E-state index contributed by atoms with van der Waals surface area (Å²) in [5.74, 6) is 0.158. The van der Waals surface area contributed by atoms with Crippen molar-refractivity contribution < 1.29 is 4.79 Å². The van der Waals surface area contributed by atoms with Crippen molar-refractivity contribution in [2.45, 2.75) is 32.2 Å². The highest BCUT2D eigenvalue weighted by molar-refractivity contribution is 5.94. The molecule has 0 bridgehead atoms. The van der Waals surface area contributed by atoms with Gasteiger partial charge in [0, 0.05) is 18.8 Å². The maximum absolute atomic E-state index is 12.0. The molecule has 1 fully saturated rings. The Bertz CT molecular complexity index is 281. The van der Waals surface area contributed by atoms with Crippen molar-refractivity contribution in [1.29, 1.82) is 0 Å². The van der Waals surface area contributed by atoms with E-state index in [2.05, 4.69) is 17.6 Å². The molecule has 4 nitrogen and oxygen atoms in total. The van der Waals surface area contributed by atoms with Gasteiger partial charge in [0.1, 0.15) is 5.70 Å². The monoisotopic (exact) mass is 195 g/mol. The van der Waals surface area contributed by atoms with E-state index in [1.165, 1.54) is 0 Å². The highest BCUT2D eigenvalue weighted by Gasteiger charge is 2.36. The molecule has 0 aromatic heterocycles. The normalized spacial score (nSPS) is 22.4. The third-order valence-electron chi connectivity index (χ3n) is 2.83. The van der Waals surface area contributed by atoms with E-state index in [-0.39, 0.29) is 5.91 Å². The van der Waals surface area contributed by atoms with Crippen LogP contribution in [0.15, 0.2) is 11.4 Å². The molecule has 0 radical (unpaired) electrons. The first-order valence-corrected chi connectivity index (χ1v) is 5.23. The Balaban J connectivity index is 2.19. The summed E-state index contributed by atoms with van der Waals surface area (Å²) in [6.07, 6.45) is 3.19. The number of allylic oxidation sites excluding steroid dienone is 1. The fourth-order valence-corrected chi connectivity index (χ4v) is 1.85. The van der Waals surface area contributed by atoms with Crippen LogP contribution in [0.2, 0.25) is 0 Å². The van der Waals surface area contributed by atoms with Crippen molar-refractivity contribution in [3.8, 4) is 0 Å². The maximum Gasteiger partial charge on any atom is 0.273 e. The van der Waals surface area contributed by atoms with E-state index >= 15 is 0 Å². The van der Waals surface area contributed by atoms with Crippen molar-refractivity contribution in [1.82, 2.24) is 15.5 Å². The van der Waals surface area contributed by atoms with Gasteiger partial charge in [-0.3, -0.25) is 4.79 Å². The Morgan fingerprint density at radius 2 is 2.29 bits per heavy atom. The zero-order chi connectivity index (χ0) is 10.1. The Kier molecular flexibility index (Phi) is 2.35. The minimum atomic E-state index is 0.158. The second kappa shape index (κ2) is 3.52. The van der Waals surface area contributed by atoms with Gasteiger partial charge >= 0.3 is 0 Å². The molecule has 2 rings (SSSR count). The van der Waals surface area contributed by atoms with Crippen LogP contribution in [0.5, 0.6) is 0 Å². The van der Waals surface area contributed by atoms with Crippen molar-refractivity contribution in [2.75, 3.05) is 13.7 Å². The Morgan fingerprint density at radius 3 is 2.79 bits per heavy atom. The van der Waals surface area contributed by atoms with Gasteiger partial charge in [-0.15, -0.1) is 0 Å². The van der Waals surface area contributed by atoms with E-state index in [9.17, 15) is 4.79 Å². The van der Waals surface area contributed by atoms with Crippen molar-refractivity contribution >= 4 is 5.91 Å². The van der Waals surface area contributed by atoms with E-state index in [0.717, 1.165) is 30.7 Å². The van der Waals surface area contributed by atoms with Gasteiger partial charge in [0.15, 0.2) is 0 Å². The standard InChI is InChI=1S/C10H17N3O/c1-3-8-9(11-2)10(14)13(6-12-8)7-4-5-7/h7,11-12H,3-6H2,1-2H3. The molecule has 4 heteroatoms. The van der Waals surface area contributed by atoms with E-state index in [4.69, 9.17) is 0 Å². The largest absolute Gasteiger partial charge is 0.382 e. The summed E-state index contributed by atoms with van der Waals surface area (Å²) in [6, 6.07) is 0.483. The van der Waals surface area contributed by atoms with E-state index in [1.54, 1.807) is 7.05 Å². The summed E-state index contributed by atoms with van der Waals surface area (Å²) in [5, 5.41) is 6.29. The fourth-order valence-electron chi connectivity index (χ4n) is 1.85. The first-order chi connectivity index (χ1) is 6.77. The summed E-state index contributed by atoms with van der Waals surface area (Å²) in [6.45, 7) is 2.73. The van der Waals surface area contributed by atoms with Gasteiger partial charge in [-0.2, -0.15) is 0 Å². The van der Waals surface area contributed by atoms with Gasteiger partial charge in [0.05, 0.1) is 6.67 Å². The third-order valence-corrected chi connectivity index (χ3v) is 2.83. The molecular weight excluding hydrogens is 178 g/mol. The van der Waals surface area contributed by atoms with Gasteiger partial charge in [-0.25, -0.2) is 0 Å². The molecule has 0 aromatic rings. The first kappa shape index (κ1) is 9.37. The summed E-state index contributed by atoms with van der Waals surface area (Å²) in [7, 11) is 1.81. The molecule has 2 N–H and O–H groups in total. The number of carbonyl (C=O) groups excluding carboxylic acids is 1. The molecule has 0 spiro atoms. The number of hydrogen-bond donors (Lipinski definition) is 2. The lowest BCUT2D eigenvalue weighted by Crippen LogP contribution is -2.48. The number of hydrogen-bond acceptors (Lipinski definition) is 3. The van der Waals surface area contributed by atoms with Crippen LogP contribution in [0.3, 0.4) is 0 Å². The molecule has 1 amide bonds. The SMILES string of the molecule is CCC1=C(NC)C(=O)N(C2CC2)CN1. The molecule has 0 aromatic carbocycles. The lowest BCUT2D eigenvalue weighted by molar-refractivity contribution is -0.129. The molecule has 1 saturated carbocycles. The smallest absolute Gasteiger partial charge is 0.273 e. The van der Waals surface area contributed by atoms with Crippen LogP contribution in [-0.4, -0.2) is 30.6 Å². The van der Waals surface area contributed by atoms with Gasteiger partial charge in [-0.1, -0.05) is 6.92 Å². The first-order valence-electron chi connectivity index (χ1n) is 5.23. The number of amides is 1. The van der Waals surface area contributed by atoms with Crippen LogP contribution >= 0.6 is 0 Å². The van der Waals surface area contributed by atoms with Crippen LogP contribution < -0.4 is 10.6 Å². The summed E-state index contributed by atoms with van der Waals surface area (Å²) in [4.78, 5) is 13.9. The van der Waals surface area contributed by atoms with Crippen LogP contribution in [-0.2, 0) is 4.79 Å². The van der Waals surface area contributed by atoms with E-state index in [1.807, 2.05) is 4.90 Å². The van der Waals surface area contributed by atoms with E-state index in [0.29, 0.717) is 12.7 Å². The summed E-state index contributed by atoms with van der Waals surface area (Å²) < 4.78 is 0. The minimum absolute atomic E-state index is 0.158. The zero-order valence-corrected chi connectivity index (χ0v) is 8.76. The van der Waals surface area contributed by atoms with Gasteiger partial charge in [-0.05, 0) is 19.3 Å². The Labute approximate surface area is 84.3 Å². The molecule has 14 heavy (non-hydrogen) atoms. The third kappa shape index (κ3) is 1.45. The predicted molar refractivity (Wildman–Crippen MR) is 54.2 cm³/mol. The average Bonchev–Trinajstić information content (AvgIpc) is 3.00. The number of likely N-dealkylation sites (N-methyl/N-ethyl adjacent to an activating group) is 1.